The number of hydrogen-bond acceptors (Lipinski definition) is 6. The molecule has 3 aromatic rings. The van der Waals surface area contributed by atoms with Crippen LogP contribution in [0.25, 0.3) is 6.08 Å². The van der Waals surface area contributed by atoms with Crippen molar-refractivity contribution in [2.45, 2.75) is 26.8 Å². The van der Waals surface area contributed by atoms with Crippen LogP contribution >= 0.6 is 27.3 Å². The normalized spacial score (nSPS) is 15.4. The summed E-state index contributed by atoms with van der Waals surface area (Å²) in [5.41, 5.74) is 3.44. The van der Waals surface area contributed by atoms with E-state index < -0.39 is 12.0 Å². The molecule has 2 heterocycles. The zero-order valence-corrected chi connectivity index (χ0v) is 22.1. The molecule has 180 valence electrons. The molecule has 35 heavy (non-hydrogen) atoms. The number of carbonyl (C=O) groups excluding carboxylic acids is 1. The van der Waals surface area contributed by atoms with Gasteiger partial charge >= 0.3 is 5.97 Å². The van der Waals surface area contributed by atoms with Crippen LogP contribution in [0.4, 0.5) is 0 Å². The summed E-state index contributed by atoms with van der Waals surface area (Å²) in [6, 6.07) is 12.6. The molecular formula is C27H25BrN2O4S. The molecular weight excluding hydrogens is 528 g/mol. The van der Waals surface area contributed by atoms with Crippen LogP contribution in [0.1, 0.15) is 36.6 Å². The lowest BCUT2D eigenvalue weighted by molar-refractivity contribution is -0.139. The molecule has 6 nitrogen and oxygen atoms in total. The van der Waals surface area contributed by atoms with E-state index in [0.29, 0.717) is 33.0 Å². The van der Waals surface area contributed by atoms with Crippen molar-refractivity contribution in [2.75, 3.05) is 13.2 Å². The number of carbonyl (C=O) groups is 1. The van der Waals surface area contributed by atoms with E-state index >= 15 is 0 Å². The van der Waals surface area contributed by atoms with Gasteiger partial charge in [0.05, 0.1) is 28.5 Å². The molecule has 0 radical (unpaired) electrons. The molecule has 0 unspecified atom stereocenters. The van der Waals surface area contributed by atoms with Gasteiger partial charge in [-0.15, -0.1) is 0 Å². The standard InChI is InChI=1S/C27H25BrN2O4S/c1-5-13-34-20-11-9-19(10-12-20)24-23(26(32)33-6-2)17(4)29-27-30(24)25(31)22(35-27)15-18-8-7-16(3)21(28)14-18/h5,7-12,14-15,24H,1,6,13H2,2-4H3/b22-15-/t24-/m0/s1. The molecule has 0 amide bonds. The number of aryl methyl sites for hydroxylation is 1. The van der Waals surface area contributed by atoms with Crippen LogP contribution in [0, 0.1) is 6.92 Å². The third kappa shape index (κ3) is 5.09. The van der Waals surface area contributed by atoms with Gasteiger partial charge in [-0.1, -0.05) is 64.2 Å². The molecule has 0 saturated heterocycles. The van der Waals surface area contributed by atoms with Gasteiger partial charge in [-0.2, -0.15) is 0 Å². The number of nitrogens with zero attached hydrogens (tertiary/aromatic N) is 2. The zero-order chi connectivity index (χ0) is 25.1. The second-order valence-corrected chi connectivity index (χ2v) is 9.84. The van der Waals surface area contributed by atoms with E-state index in [1.54, 1.807) is 24.5 Å². The average Bonchev–Trinajstić information content (AvgIpc) is 3.14. The van der Waals surface area contributed by atoms with Gasteiger partial charge in [0.25, 0.3) is 5.56 Å². The monoisotopic (exact) mass is 552 g/mol. The first kappa shape index (κ1) is 24.9. The summed E-state index contributed by atoms with van der Waals surface area (Å²) in [6.07, 6.45) is 3.52. The SMILES string of the molecule is C=CCOc1ccc([C@H]2C(C(=O)OCC)=C(C)N=c3s/c(=C\c4ccc(C)c(Br)c4)c(=O)n32)cc1. The summed E-state index contributed by atoms with van der Waals surface area (Å²) in [5.74, 6) is 0.187. The Morgan fingerprint density at radius 2 is 1.97 bits per heavy atom. The van der Waals surface area contributed by atoms with E-state index in [2.05, 4.69) is 27.5 Å². The fourth-order valence-electron chi connectivity index (χ4n) is 3.86. The highest BCUT2D eigenvalue weighted by molar-refractivity contribution is 9.10. The lowest BCUT2D eigenvalue weighted by Crippen LogP contribution is -2.39. The fourth-order valence-corrected chi connectivity index (χ4v) is 5.30. The number of allylic oxidation sites excluding steroid dienone is 1. The molecule has 1 aliphatic rings. The van der Waals surface area contributed by atoms with E-state index in [-0.39, 0.29) is 12.2 Å². The quantitative estimate of drug-likeness (QED) is 0.321. The van der Waals surface area contributed by atoms with Crippen LogP contribution in [0.3, 0.4) is 0 Å². The van der Waals surface area contributed by atoms with Crippen molar-refractivity contribution in [3.63, 3.8) is 0 Å². The second-order valence-electron chi connectivity index (χ2n) is 7.98. The first-order valence-electron chi connectivity index (χ1n) is 11.1. The Kier molecular flexibility index (Phi) is 7.52. The number of halogens is 1. The number of ether oxygens (including phenoxy) is 2. The minimum Gasteiger partial charge on any atom is -0.490 e. The first-order chi connectivity index (χ1) is 16.8. The third-order valence-electron chi connectivity index (χ3n) is 5.57. The Labute approximate surface area is 215 Å². The number of aromatic nitrogens is 1. The van der Waals surface area contributed by atoms with E-state index in [4.69, 9.17) is 9.47 Å². The molecule has 0 N–H and O–H groups in total. The lowest BCUT2D eigenvalue weighted by Gasteiger charge is -2.24. The van der Waals surface area contributed by atoms with Crippen LogP contribution in [0.15, 0.2) is 80.6 Å². The van der Waals surface area contributed by atoms with Gasteiger partial charge in [0, 0.05) is 4.47 Å². The third-order valence-corrected chi connectivity index (χ3v) is 7.41. The number of fused-ring (bicyclic) bond motifs is 1. The molecule has 0 fully saturated rings. The summed E-state index contributed by atoms with van der Waals surface area (Å²) < 4.78 is 14.0. The fraction of sp³-hybridized carbons (Fsp3) is 0.222. The van der Waals surface area contributed by atoms with Crippen LogP contribution in [0.2, 0.25) is 0 Å². The average molecular weight is 553 g/mol. The molecule has 0 spiro atoms. The van der Waals surface area contributed by atoms with Gasteiger partial charge in [0.2, 0.25) is 0 Å². The molecule has 0 aliphatic carbocycles. The van der Waals surface area contributed by atoms with Crippen molar-refractivity contribution in [1.29, 1.82) is 0 Å². The molecule has 0 bridgehead atoms. The number of esters is 1. The number of rotatable bonds is 7. The van der Waals surface area contributed by atoms with Gasteiger partial charge in [-0.05, 0) is 61.7 Å². The minimum absolute atomic E-state index is 0.211. The molecule has 0 saturated carbocycles. The van der Waals surface area contributed by atoms with E-state index in [1.165, 1.54) is 11.3 Å². The van der Waals surface area contributed by atoms with Crippen molar-refractivity contribution < 1.29 is 14.3 Å². The van der Waals surface area contributed by atoms with Crippen molar-refractivity contribution in [1.82, 2.24) is 4.57 Å². The van der Waals surface area contributed by atoms with Crippen molar-refractivity contribution in [2.24, 2.45) is 4.99 Å². The van der Waals surface area contributed by atoms with Crippen molar-refractivity contribution in [3.05, 3.63) is 107 Å². The van der Waals surface area contributed by atoms with Gasteiger partial charge in [0.1, 0.15) is 12.4 Å². The maximum Gasteiger partial charge on any atom is 0.338 e. The van der Waals surface area contributed by atoms with Crippen LogP contribution in [0.5, 0.6) is 5.75 Å². The molecule has 4 rings (SSSR count). The smallest absolute Gasteiger partial charge is 0.338 e. The lowest BCUT2D eigenvalue weighted by atomic mass is 9.96. The molecule has 1 aromatic heterocycles. The van der Waals surface area contributed by atoms with E-state index in [1.807, 2.05) is 55.5 Å². The summed E-state index contributed by atoms with van der Waals surface area (Å²) in [6.45, 7) is 9.81. The van der Waals surface area contributed by atoms with Crippen molar-refractivity contribution >= 4 is 39.3 Å². The highest BCUT2D eigenvalue weighted by atomic mass is 79.9. The van der Waals surface area contributed by atoms with Crippen LogP contribution in [-0.4, -0.2) is 23.8 Å². The highest BCUT2D eigenvalue weighted by Gasteiger charge is 2.33. The predicted molar refractivity (Wildman–Crippen MR) is 141 cm³/mol. The van der Waals surface area contributed by atoms with Crippen LogP contribution in [-0.2, 0) is 9.53 Å². The topological polar surface area (TPSA) is 69.9 Å². The molecule has 2 aromatic carbocycles. The predicted octanol–water partition coefficient (Wildman–Crippen LogP) is 4.43. The zero-order valence-electron chi connectivity index (χ0n) is 19.7. The Morgan fingerprint density at radius 3 is 2.63 bits per heavy atom. The molecule has 8 heteroatoms. The summed E-state index contributed by atoms with van der Waals surface area (Å²) >= 11 is 4.85. The number of benzene rings is 2. The van der Waals surface area contributed by atoms with Gasteiger partial charge in [-0.3, -0.25) is 9.36 Å². The first-order valence-corrected chi connectivity index (χ1v) is 12.7. The van der Waals surface area contributed by atoms with Gasteiger partial charge in [-0.25, -0.2) is 9.79 Å². The number of thiazole rings is 1. The maximum atomic E-state index is 13.7. The summed E-state index contributed by atoms with van der Waals surface area (Å²) in [4.78, 5) is 31.8. The number of hydrogen-bond donors (Lipinski definition) is 0. The highest BCUT2D eigenvalue weighted by Crippen LogP contribution is 2.31. The molecule has 1 aliphatic heterocycles. The second kappa shape index (κ2) is 10.6. The largest absolute Gasteiger partial charge is 0.490 e. The summed E-state index contributed by atoms with van der Waals surface area (Å²) in [7, 11) is 0. The maximum absolute atomic E-state index is 13.7. The Bertz CT molecular complexity index is 1500. The van der Waals surface area contributed by atoms with Gasteiger partial charge < -0.3 is 9.47 Å². The van der Waals surface area contributed by atoms with Gasteiger partial charge in [0.15, 0.2) is 4.80 Å². The Balaban J connectivity index is 1.89. The molecule has 1 atom stereocenters. The Morgan fingerprint density at radius 1 is 1.23 bits per heavy atom. The van der Waals surface area contributed by atoms with Crippen LogP contribution < -0.4 is 19.6 Å². The van der Waals surface area contributed by atoms with E-state index in [9.17, 15) is 9.59 Å². The minimum atomic E-state index is -0.661. The van der Waals surface area contributed by atoms with Crippen molar-refractivity contribution in [3.8, 4) is 5.75 Å². The summed E-state index contributed by atoms with van der Waals surface area (Å²) in [5, 5.41) is 0. The Hall–Kier alpha value is -3.23. The van der Waals surface area contributed by atoms with E-state index in [0.717, 1.165) is 21.2 Å².